The molecule has 1 heteroatoms. The minimum atomic E-state index is -0.445. The quantitative estimate of drug-likeness (QED) is 0.189. The zero-order valence-electron chi connectivity index (χ0n) is 32.0. The van der Waals surface area contributed by atoms with Gasteiger partial charge in [0.1, 0.15) is 11.2 Å². The average molecular weight is 581 g/mol. The number of furan rings is 1. The van der Waals surface area contributed by atoms with Crippen molar-refractivity contribution in [1.29, 1.82) is 0 Å². The lowest BCUT2D eigenvalue weighted by Crippen LogP contribution is -1.93. The molecule has 0 aliphatic rings. The maximum atomic E-state index is 9.52. The highest BCUT2D eigenvalue weighted by atomic mass is 16.3. The van der Waals surface area contributed by atoms with E-state index in [-0.39, 0.29) is 51.3 Å². The van der Waals surface area contributed by atoms with Crippen LogP contribution in [0.5, 0.6) is 0 Å². The monoisotopic (exact) mass is 580 g/mol. The molecular formula is C44H28O. The van der Waals surface area contributed by atoms with Gasteiger partial charge in [-0.1, -0.05) is 158 Å². The van der Waals surface area contributed by atoms with E-state index in [1.54, 1.807) is 0 Å². The Balaban J connectivity index is 1.57. The van der Waals surface area contributed by atoms with Crippen molar-refractivity contribution in [3.8, 4) is 44.5 Å². The molecule has 0 saturated carbocycles. The Morgan fingerprint density at radius 3 is 1.51 bits per heavy atom. The molecule has 8 aromatic carbocycles. The molecule has 0 saturated heterocycles. The summed E-state index contributed by atoms with van der Waals surface area (Å²) in [5.74, 6) is 0. The van der Waals surface area contributed by atoms with Crippen LogP contribution in [0.2, 0.25) is 0 Å². The van der Waals surface area contributed by atoms with Crippen molar-refractivity contribution in [2.24, 2.45) is 0 Å². The summed E-state index contributed by atoms with van der Waals surface area (Å²) < 4.78 is 79.8. The fourth-order valence-corrected chi connectivity index (χ4v) is 6.56. The smallest absolute Gasteiger partial charge is 0.136 e. The standard InChI is InChI=1S/C44H28O/c1-3-13-29(14-4-1)30-23-25-32(26-24-30)41-34-17-7-9-19-36(34)42(37-20-10-8-18-35(37)41)44-33(31-15-5-2-6-16-31)27-28-40-43(44)38-21-11-12-22-39(38)45-40/h1-28H/i7D,8D,9D,10D,17D,18D,19D,20D. The lowest BCUT2D eigenvalue weighted by molar-refractivity contribution is 0.669. The first-order valence-corrected chi connectivity index (χ1v) is 14.8. The van der Waals surface area contributed by atoms with E-state index in [9.17, 15) is 5.48 Å². The third-order valence-electron chi connectivity index (χ3n) is 8.53. The van der Waals surface area contributed by atoms with Crippen LogP contribution in [-0.2, 0) is 0 Å². The second kappa shape index (κ2) is 10.4. The fraction of sp³-hybridized carbons (Fsp3) is 0. The van der Waals surface area contributed by atoms with Crippen molar-refractivity contribution in [3.63, 3.8) is 0 Å². The number of hydrogen-bond donors (Lipinski definition) is 0. The number of benzene rings is 8. The molecular weight excluding hydrogens is 544 g/mol. The molecule has 1 heterocycles. The molecule has 0 spiro atoms. The highest BCUT2D eigenvalue weighted by Gasteiger charge is 2.23. The fourth-order valence-electron chi connectivity index (χ4n) is 6.56. The first-order chi connectivity index (χ1) is 25.7. The summed E-state index contributed by atoms with van der Waals surface area (Å²) in [7, 11) is 0. The molecule has 45 heavy (non-hydrogen) atoms. The van der Waals surface area contributed by atoms with Gasteiger partial charge in [-0.05, 0) is 72.6 Å². The van der Waals surface area contributed by atoms with Crippen LogP contribution in [0.15, 0.2) is 174 Å². The molecule has 0 amide bonds. The number of rotatable bonds is 4. The van der Waals surface area contributed by atoms with Gasteiger partial charge in [-0.2, -0.15) is 0 Å². The summed E-state index contributed by atoms with van der Waals surface area (Å²) in [6.07, 6.45) is 0. The predicted molar refractivity (Wildman–Crippen MR) is 190 cm³/mol. The van der Waals surface area contributed by atoms with Crippen molar-refractivity contribution in [3.05, 3.63) is 170 Å². The summed E-state index contributed by atoms with van der Waals surface area (Å²) in [6.45, 7) is 0. The highest BCUT2D eigenvalue weighted by molar-refractivity contribution is 6.27. The van der Waals surface area contributed by atoms with Gasteiger partial charge in [-0.15, -0.1) is 0 Å². The minimum absolute atomic E-state index is 0.158. The number of para-hydroxylation sites is 1. The van der Waals surface area contributed by atoms with Gasteiger partial charge in [-0.3, -0.25) is 0 Å². The maximum absolute atomic E-state index is 9.52. The third-order valence-corrected chi connectivity index (χ3v) is 8.53. The zero-order chi connectivity index (χ0) is 36.7. The van der Waals surface area contributed by atoms with E-state index in [1.807, 2.05) is 121 Å². The second-order valence-corrected chi connectivity index (χ2v) is 11.0. The molecule has 9 aromatic rings. The van der Waals surface area contributed by atoms with Crippen LogP contribution < -0.4 is 0 Å². The van der Waals surface area contributed by atoms with E-state index in [4.69, 9.17) is 9.90 Å². The summed E-state index contributed by atoms with van der Waals surface area (Å²) >= 11 is 0. The van der Waals surface area contributed by atoms with Crippen LogP contribution in [0.3, 0.4) is 0 Å². The van der Waals surface area contributed by atoms with Gasteiger partial charge in [-0.25, -0.2) is 0 Å². The third kappa shape index (κ3) is 4.09. The molecule has 1 nitrogen and oxygen atoms in total. The van der Waals surface area contributed by atoms with Crippen LogP contribution in [0.4, 0.5) is 0 Å². The molecule has 0 bridgehead atoms. The molecule has 9 rings (SSSR count). The second-order valence-electron chi connectivity index (χ2n) is 11.0. The van der Waals surface area contributed by atoms with Crippen molar-refractivity contribution in [1.82, 2.24) is 0 Å². The zero-order valence-corrected chi connectivity index (χ0v) is 24.0. The molecule has 0 unspecified atom stereocenters. The molecule has 0 radical (unpaired) electrons. The Bertz CT molecular complexity index is 2870. The Morgan fingerprint density at radius 1 is 0.356 bits per heavy atom. The van der Waals surface area contributed by atoms with Gasteiger partial charge < -0.3 is 4.42 Å². The normalized spacial score (nSPS) is 14.0. The van der Waals surface area contributed by atoms with E-state index < -0.39 is 24.2 Å². The first-order valence-electron chi connectivity index (χ1n) is 18.8. The van der Waals surface area contributed by atoms with Gasteiger partial charge in [0.2, 0.25) is 0 Å². The SMILES string of the molecule is [2H]c1c([2H])c([2H])c2c(-c3c(-c4ccccc4)ccc4oc5ccccc5c34)c3c([2H])c([2H])c([2H])c([2H])c3c(-c3ccc(-c4ccccc4)cc3)c2c1[2H]. The van der Waals surface area contributed by atoms with E-state index in [0.29, 0.717) is 38.8 Å². The molecule has 0 N–H and O–H groups in total. The van der Waals surface area contributed by atoms with Gasteiger partial charge in [0, 0.05) is 16.3 Å². The Morgan fingerprint density at radius 2 is 0.867 bits per heavy atom. The van der Waals surface area contributed by atoms with Crippen molar-refractivity contribution < 1.29 is 15.4 Å². The van der Waals surface area contributed by atoms with Gasteiger partial charge >= 0.3 is 0 Å². The van der Waals surface area contributed by atoms with E-state index >= 15 is 0 Å². The maximum Gasteiger partial charge on any atom is 0.136 e. The number of hydrogen-bond acceptors (Lipinski definition) is 1. The highest BCUT2D eigenvalue weighted by Crippen LogP contribution is 2.50. The molecule has 0 aliphatic heterocycles. The molecule has 0 aliphatic carbocycles. The summed E-state index contributed by atoms with van der Waals surface area (Å²) in [6, 6.07) is 35.3. The van der Waals surface area contributed by atoms with Crippen LogP contribution >= 0.6 is 0 Å². The first kappa shape index (κ1) is 18.7. The molecule has 0 fully saturated rings. The molecule has 1 aromatic heterocycles. The molecule has 210 valence electrons. The number of fused-ring (bicyclic) bond motifs is 5. The largest absolute Gasteiger partial charge is 0.456 e. The van der Waals surface area contributed by atoms with Gasteiger partial charge in [0.25, 0.3) is 0 Å². The molecule has 0 atom stereocenters. The van der Waals surface area contributed by atoms with Crippen LogP contribution in [0.25, 0.3) is 88.0 Å². The lowest BCUT2D eigenvalue weighted by Gasteiger charge is -2.20. The van der Waals surface area contributed by atoms with E-state index in [1.165, 1.54) is 0 Å². The van der Waals surface area contributed by atoms with E-state index in [2.05, 4.69) is 0 Å². The Hall–Kier alpha value is -5.92. The Kier molecular flexibility index (Phi) is 4.30. The van der Waals surface area contributed by atoms with Crippen LogP contribution in [0, 0.1) is 0 Å². The lowest BCUT2D eigenvalue weighted by atomic mass is 9.82. The minimum Gasteiger partial charge on any atom is -0.456 e. The predicted octanol–water partition coefficient (Wildman–Crippen LogP) is 12.6. The summed E-state index contributed by atoms with van der Waals surface area (Å²) in [5, 5.41) is 2.08. The average Bonchev–Trinajstić information content (AvgIpc) is 3.59. The summed E-state index contributed by atoms with van der Waals surface area (Å²) in [5.41, 5.74) is 6.29. The summed E-state index contributed by atoms with van der Waals surface area (Å²) in [4.78, 5) is 0. The van der Waals surface area contributed by atoms with Crippen molar-refractivity contribution in [2.45, 2.75) is 0 Å². The van der Waals surface area contributed by atoms with Crippen molar-refractivity contribution >= 4 is 43.5 Å². The van der Waals surface area contributed by atoms with Crippen LogP contribution in [0.1, 0.15) is 11.0 Å². The topological polar surface area (TPSA) is 13.1 Å². The van der Waals surface area contributed by atoms with Crippen molar-refractivity contribution in [2.75, 3.05) is 0 Å². The van der Waals surface area contributed by atoms with Gasteiger partial charge in [0.15, 0.2) is 0 Å². The van der Waals surface area contributed by atoms with Crippen LogP contribution in [-0.4, -0.2) is 0 Å². The van der Waals surface area contributed by atoms with E-state index in [0.717, 1.165) is 22.1 Å². The van der Waals surface area contributed by atoms with Gasteiger partial charge in [0.05, 0.1) is 11.0 Å². The Labute approximate surface area is 272 Å².